The summed E-state index contributed by atoms with van der Waals surface area (Å²) in [4.78, 5) is 4.56. The third kappa shape index (κ3) is 3.27. The second-order valence-corrected chi connectivity index (χ2v) is 6.61. The van der Waals surface area contributed by atoms with Gasteiger partial charge in [-0.2, -0.15) is 0 Å². The van der Waals surface area contributed by atoms with E-state index in [1.165, 1.54) is 12.1 Å². The number of benzene rings is 2. The fourth-order valence-electron chi connectivity index (χ4n) is 2.16. The smallest absolute Gasteiger partial charge is 0.264 e. The topological polar surface area (TPSA) is 72.2 Å². The molecule has 118 valence electrons. The minimum Gasteiger partial charge on any atom is -0.424 e. The monoisotopic (exact) mass is 328 g/mol. The van der Waals surface area contributed by atoms with Crippen LogP contribution in [0.3, 0.4) is 0 Å². The van der Waals surface area contributed by atoms with E-state index in [0.717, 1.165) is 5.56 Å². The van der Waals surface area contributed by atoms with Crippen molar-refractivity contribution in [3.05, 3.63) is 66.6 Å². The Hall–Kier alpha value is -2.60. The van der Waals surface area contributed by atoms with E-state index in [-0.39, 0.29) is 10.8 Å². The minimum absolute atomic E-state index is 0.136. The fraction of sp³-hybridized carbons (Fsp3) is 0.118. The predicted octanol–water partition coefficient (Wildman–Crippen LogP) is 3.70. The summed E-state index contributed by atoms with van der Waals surface area (Å²) in [5.41, 5.74) is 1.28. The quantitative estimate of drug-likeness (QED) is 0.775. The third-order valence-corrected chi connectivity index (χ3v) is 4.65. The Bertz CT molecular complexity index is 888. The molecule has 6 heteroatoms. The lowest BCUT2D eigenvalue weighted by molar-refractivity contribution is 0.516. The molecule has 23 heavy (non-hydrogen) atoms. The molecule has 1 heterocycles. The van der Waals surface area contributed by atoms with Crippen LogP contribution in [-0.4, -0.2) is 13.4 Å². The standard InChI is InChI=1S/C17H16N2O3S/c1-2-15-18-16(13-9-5-3-6-10-13)17(22-15)19-23(20,21)14-11-7-4-8-12-14/h3-12,19H,2H2,1H3. The molecule has 2 aromatic carbocycles. The highest BCUT2D eigenvalue weighted by Gasteiger charge is 2.21. The first-order chi connectivity index (χ1) is 11.1. The number of aromatic nitrogens is 1. The number of aryl methyl sites for hydroxylation is 1. The zero-order chi connectivity index (χ0) is 16.3. The molecule has 0 spiro atoms. The van der Waals surface area contributed by atoms with Gasteiger partial charge in [0.15, 0.2) is 5.89 Å². The minimum atomic E-state index is -3.72. The molecule has 5 nitrogen and oxygen atoms in total. The Morgan fingerprint density at radius 3 is 2.22 bits per heavy atom. The van der Waals surface area contributed by atoms with Crippen molar-refractivity contribution in [2.75, 3.05) is 4.72 Å². The SMILES string of the molecule is CCc1nc(-c2ccccc2)c(NS(=O)(=O)c2ccccc2)o1. The largest absolute Gasteiger partial charge is 0.424 e. The lowest BCUT2D eigenvalue weighted by Crippen LogP contribution is -2.12. The predicted molar refractivity (Wildman–Crippen MR) is 88.6 cm³/mol. The summed E-state index contributed by atoms with van der Waals surface area (Å²) in [5, 5.41) is 0. The number of anilines is 1. The number of nitrogens with one attached hydrogen (secondary N) is 1. The molecule has 0 aliphatic rings. The summed E-state index contributed by atoms with van der Waals surface area (Å²) in [7, 11) is -3.72. The summed E-state index contributed by atoms with van der Waals surface area (Å²) < 4.78 is 33.0. The molecule has 0 saturated carbocycles. The maximum Gasteiger partial charge on any atom is 0.264 e. The second kappa shape index (κ2) is 6.26. The molecular weight excluding hydrogens is 312 g/mol. The normalized spacial score (nSPS) is 11.3. The Labute approximate surface area is 135 Å². The van der Waals surface area contributed by atoms with Crippen LogP contribution in [0.1, 0.15) is 12.8 Å². The molecule has 0 aliphatic heterocycles. The van der Waals surface area contributed by atoms with Crippen LogP contribution >= 0.6 is 0 Å². The maximum atomic E-state index is 12.5. The van der Waals surface area contributed by atoms with E-state index in [2.05, 4.69) is 9.71 Å². The van der Waals surface area contributed by atoms with Gasteiger partial charge in [0, 0.05) is 12.0 Å². The van der Waals surface area contributed by atoms with E-state index in [0.29, 0.717) is 18.0 Å². The lowest BCUT2D eigenvalue weighted by Gasteiger charge is -2.06. The van der Waals surface area contributed by atoms with Crippen molar-refractivity contribution in [1.29, 1.82) is 0 Å². The van der Waals surface area contributed by atoms with Crippen LogP contribution in [0.5, 0.6) is 0 Å². The highest BCUT2D eigenvalue weighted by molar-refractivity contribution is 7.92. The van der Waals surface area contributed by atoms with E-state index in [1.54, 1.807) is 18.2 Å². The third-order valence-electron chi connectivity index (χ3n) is 3.30. The summed E-state index contributed by atoms with van der Waals surface area (Å²) in [6.45, 7) is 1.90. The van der Waals surface area contributed by atoms with Gasteiger partial charge in [-0.25, -0.2) is 18.1 Å². The van der Waals surface area contributed by atoms with E-state index in [4.69, 9.17) is 4.42 Å². The van der Waals surface area contributed by atoms with E-state index >= 15 is 0 Å². The van der Waals surface area contributed by atoms with Gasteiger partial charge < -0.3 is 4.42 Å². The van der Waals surface area contributed by atoms with Crippen molar-refractivity contribution in [2.24, 2.45) is 0 Å². The number of sulfonamides is 1. The number of nitrogens with zero attached hydrogens (tertiary/aromatic N) is 1. The highest BCUT2D eigenvalue weighted by Crippen LogP contribution is 2.30. The van der Waals surface area contributed by atoms with Crippen LogP contribution < -0.4 is 4.72 Å². The van der Waals surface area contributed by atoms with Crippen molar-refractivity contribution in [3.8, 4) is 11.3 Å². The maximum absolute atomic E-state index is 12.5. The van der Waals surface area contributed by atoms with Crippen LogP contribution in [0.2, 0.25) is 0 Å². The Kier molecular flexibility index (Phi) is 4.16. The first-order valence-electron chi connectivity index (χ1n) is 7.23. The van der Waals surface area contributed by atoms with Crippen molar-refractivity contribution in [1.82, 2.24) is 4.98 Å². The number of hydrogen-bond donors (Lipinski definition) is 1. The van der Waals surface area contributed by atoms with Crippen LogP contribution in [-0.2, 0) is 16.4 Å². The van der Waals surface area contributed by atoms with Gasteiger partial charge in [0.2, 0.25) is 5.88 Å². The zero-order valence-electron chi connectivity index (χ0n) is 12.6. The van der Waals surface area contributed by atoms with Crippen molar-refractivity contribution in [2.45, 2.75) is 18.2 Å². The van der Waals surface area contributed by atoms with Crippen molar-refractivity contribution in [3.63, 3.8) is 0 Å². The van der Waals surface area contributed by atoms with Crippen LogP contribution in [0, 0.1) is 0 Å². The molecule has 0 radical (unpaired) electrons. The molecule has 0 saturated heterocycles. The van der Waals surface area contributed by atoms with Crippen molar-refractivity contribution >= 4 is 15.9 Å². The Balaban J connectivity index is 2.02. The van der Waals surface area contributed by atoms with Gasteiger partial charge in [-0.05, 0) is 12.1 Å². The van der Waals surface area contributed by atoms with E-state index in [9.17, 15) is 8.42 Å². The summed E-state index contributed by atoms with van der Waals surface area (Å²) >= 11 is 0. The molecule has 1 N–H and O–H groups in total. The molecule has 0 bridgehead atoms. The van der Waals surface area contributed by atoms with Gasteiger partial charge in [-0.15, -0.1) is 0 Å². The van der Waals surface area contributed by atoms with E-state index < -0.39 is 10.0 Å². The van der Waals surface area contributed by atoms with Crippen LogP contribution in [0.4, 0.5) is 5.88 Å². The highest BCUT2D eigenvalue weighted by atomic mass is 32.2. The zero-order valence-corrected chi connectivity index (χ0v) is 13.4. The molecule has 1 aromatic heterocycles. The number of rotatable bonds is 5. The van der Waals surface area contributed by atoms with Gasteiger partial charge in [0.1, 0.15) is 5.69 Å². The average molecular weight is 328 g/mol. The second-order valence-electron chi connectivity index (χ2n) is 4.92. The molecule has 3 aromatic rings. The van der Waals surface area contributed by atoms with Gasteiger partial charge in [-0.3, -0.25) is 0 Å². The van der Waals surface area contributed by atoms with Gasteiger partial charge in [-0.1, -0.05) is 55.5 Å². The van der Waals surface area contributed by atoms with Gasteiger partial charge in [0.25, 0.3) is 10.0 Å². The Morgan fingerprint density at radius 2 is 1.61 bits per heavy atom. The molecule has 0 amide bonds. The molecule has 3 rings (SSSR count). The van der Waals surface area contributed by atoms with Gasteiger partial charge >= 0.3 is 0 Å². The molecule has 0 aliphatic carbocycles. The molecule has 0 unspecified atom stereocenters. The summed E-state index contributed by atoms with van der Waals surface area (Å²) in [6, 6.07) is 17.5. The first kappa shape index (κ1) is 15.3. The fourth-order valence-corrected chi connectivity index (χ4v) is 3.17. The van der Waals surface area contributed by atoms with Crippen LogP contribution in [0.25, 0.3) is 11.3 Å². The number of oxazole rings is 1. The summed E-state index contributed by atoms with van der Waals surface area (Å²) in [6.07, 6.45) is 0.576. The molecular formula is C17H16N2O3S. The lowest BCUT2D eigenvalue weighted by atomic mass is 10.2. The summed E-state index contributed by atoms with van der Waals surface area (Å²) in [5.74, 6) is 0.617. The number of hydrogen-bond acceptors (Lipinski definition) is 4. The van der Waals surface area contributed by atoms with E-state index in [1.807, 2.05) is 37.3 Å². The van der Waals surface area contributed by atoms with Gasteiger partial charge in [0.05, 0.1) is 4.90 Å². The van der Waals surface area contributed by atoms with Crippen LogP contribution in [0.15, 0.2) is 70.0 Å². The van der Waals surface area contributed by atoms with Crippen molar-refractivity contribution < 1.29 is 12.8 Å². The Morgan fingerprint density at radius 1 is 1.00 bits per heavy atom. The first-order valence-corrected chi connectivity index (χ1v) is 8.71. The molecule has 0 atom stereocenters. The molecule has 0 fully saturated rings. The average Bonchev–Trinajstić information content (AvgIpc) is 2.99.